The quantitative estimate of drug-likeness (QED) is 0.488. The molecule has 0 N–H and O–H groups in total. The van der Waals surface area contributed by atoms with Gasteiger partial charge in [-0.25, -0.2) is 4.68 Å². The Morgan fingerprint density at radius 2 is 1.62 bits per heavy atom. The SMILES string of the molecule is COc1ccc(-n2nc(C)cc2C(=O)N2CCN(c3cccc4ccccc34)CC2)cc1. The van der Waals surface area contributed by atoms with Crippen LogP contribution in [0.1, 0.15) is 16.2 Å². The van der Waals surface area contributed by atoms with Gasteiger partial charge in [0.15, 0.2) is 0 Å². The lowest BCUT2D eigenvalue weighted by molar-refractivity contribution is 0.0737. The molecule has 162 valence electrons. The largest absolute Gasteiger partial charge is 0.497 e. The molecule has 0 atom stereocenters. The highest BCUT2D eigenvalue weighted by molar-refractivity contribution is 5.95. The van der Waals surface area contributed by atoms with Crippen LogP contribution in [0.25, 0.3) is 16.5 Å². The Bertz CT molecular complexity index is 1250. The highest BCUT2D eigenvalue weighted by Gasteiger charge is 2.26. The molecule has 1 aromatic heterocycles. The van der Waals surface area contributed by atoms with Gasteiger partial charge in [0.25, 0.3) is 5.91 Å². The molecule has 0 unspecified atom stereocenters. The summed E-state index contributed by atoms with van der Waals surface area (Å²) < 4.78 is 6.98. The number of rotatable bonds is 4. The van der Waals surface area contributed by atoms with Crippen molar-refractivity contribution >= 4 is 22.4 Å². The molecule has 1 saturated heterocycles. The number of carbonyl (C=O) groups is 1. The maximum absolute atomic E-state index is 13.4. The van der Waals surface area contributed by atoms with Gasteiger partial charge >= 0.3 is 0 Å². The van der Waals surface area contributed by atoms with Crippen molar-refractivity contribution < 1.29 is 9.53 Å². The highest BCUT2D eigenvalue weighted by Crippen LogP contribution is 2.28. The molecule has 0 spiro atoms. The molecule has 0 aliphatic carbocycles. The van der Waals surface area contributed by atoms with Gasteiger partial charge in [0.05, 0.1) is 18.5 Å². The molecule has 0 saturated carbocycles. The number of hydrogen-bond donors (Lipinski definition) is 0. The number of hydrogen-bond acceptors (Lipinski definition) is 4. The van der Waals surface area contributed by atoms with Crippen molar-refractivity contribution in [3.8, 4) is 11.4 Å². The minimum atomic E-state index is 0.0130. The van der Waals surface area contributed by atoms with E-state index in [-0.39, 0.29) is 5.91 Å². The van der Waals surface area contributed by atoms with Crippen molar-refractivity contribution in [2.75, 3.05) is 38.2 Å². The Morgan fingerprint density at radius 3 is 2.38 bits per heavy atom. The van der Waals surface area contributed by atoms with Crippen LogP contribution >= 0.6 is 0 Å². The van der Waals surface area contributed by atoms with Crippen LogP contribution in [-0.4, -0.2) is 53.9 Å². The number of piperazine rings is 1. The zero-order chi connectivity index (χ0) is 22.1. The van der Waals surface area contributed by atoms with Crippen LogP contribution < -0.4 is 9.64 Å². The second-order valence-corrected chi connectivity index (χ2v) is 8.06. The van der Waals surface area contributed by atoms with Crippen molar-refractivity contribution in [2.45, 2.75) is 6.92 Å². The normalized spacial score (nSPS) is 14.1. The molecule has 6 heteroatoms. The minimum absolute atomic E-state index is 0.0130. The molecule has 1 fully saturated rings. The molecule has 32 heavy (non-hydrogen) atoms. The molecular formula is C26H26N4O2. The number of ether oxygens (including phenoxy) is 1. The van der Waals surface area contributed by atoms with Gasteiger partial charge in [0, 0.05) is 37.3 Å². The first-order chi connectivity index (χ1) is 15.6. The summed E-state index contributed by atoms with van der Waals surface area (Å²) in [5, 5.41) is 7.06. The van der Waals surface area contributed by atoms with E-state index in [4.69, 9.17) is 4.74 Å². The average Bonchev–Trinajstić information content (AvgIpc) is 3.25. The van der Waals surface area contributed by atoms with E-state index in [1.165, 1.54) is 16.5 Å². The predicted octanol–water partition coefficient (Wildman–Crippen LogP) is 4.30. The molecule has 2 heterocycles. The fourth-order valence-corrected chi connectivity index (χ4v) is 4.37. The van der Waals surface area contributed by atoms with Crippen molar-refractivity contribution in [1.29, 1.82) is 0 Å². The van der Waals surface area contributed by atoms with E-state index in [1.54, 1.807) is 11.8 Å². The van der Waals surface area contributed by atoms with Gasteiger partial charge in [-0.3, -0.25) is 4.79 Å². The summed E-state index contributed by atoms with van der Waals surface area (Å²) in [6, 6.07) is 24.3. The van der Waals surface area contributed by atoms with E-state index >= 15 is 0 Å². The third-order valence-corrected chi connectivity index (χ3v) is 6.04. The van der Waals surface area contributed by atoms with E-state index in [0.717, 1.165) is 30.2 Å². The molecule has 6 nitrogen and oxygen atoms in total. The monoisotopic (exact) mass is 426 g/mol. The fourth-order valence-electron chi connectivity index (χ4n) is 4.37. The standard InChI is InChI=1S/C26H26N4O2/c1-19-18-25(30(27-19)21-10-12-22(32-2)13-11-21)26(31)29-16-14-28(15-17-29)24-9-5-7-20-6-3-4-8-23(20)24/h3-13,18H,14-17H2,1-2H3. The van der Waals surface area contributed by atoms with Gasteiger partial charge in [-0.1, -0.05) is 36.4 Å². The first-order valence-corrected chi connectivity index (χ1v) is 10.9. The smallest absolute Gasteiger partial charge is 0.272 e. The predicted molar refractivity (Wildman–Crippen MR) is 127 cm³/mol. The van der Waals surface area contributed by atoms with Crippen LogP contribution in [0.4, 0.5) is 5.69 Å². The number of carbonyl (C=O) groups excluding carboxylic acids is 1. The number of aromatic nitrogens is 2. The van der Waals surface area contributed by atoms with Crippen molar-refractivity contribution in [3.63, 3.8) is 0 Å². The maximum Gasteiger partial charge on any atom is 0.272 e. The zero-order valence-electron chi connectivity index (χ0n) is 18.4. The maximum atomic E-state index is 13.4. The number of benzene rings is 3. The number of aryl methyl sites for hydroxylation is 1. The number of amides is 1. The second-order valence-electron chi connectivity index (χ2n) is 8.06. The lowest BCUT2D eigenvalue weighted by atomic mass is 10.1. The lowest BCUT2D eigenvalue weighted by Crippen LogP contribution is -2.49. The Kier molecular flexibility index (Phi) is 5.27. The van der Waals surface area contributed by atoms with E-state index in [2.05, 4.69) is 52.5 Å². The molecule has 0 bridgehead atoms. The van der Waals surface area contributed by atoms with Gasteiger partial charge in [-0.2, -0.15) is 5.10 Å². The summed E-state index contributed by atoms with van der Waals surface area (Å²) in [6.07, 6.45) is 0. The Morgan fingerprint density at radius 1 is 0.906 bits per heavy atom. The number of anilines is 1. The van der Waals surface area contributed by atoms with Crippen LogP contribution in [0.15, 0.2) is 72.8 Å². The minimum Gasteiger partial charge on any atom is -0.497 e. The lowest BCUT2D eigenvalue weighted by Gasteiger charge is -2.36. The number of methoxy groups -OCH3 is 1. The van der Waals surface area contributed by atoms with Crippen LogP contribution in [0.3, 0.4) is 0 Å². The molecule has 4 aromatic rings. The molecule has 1 amide bonds. The Hall–Kier alpha value is -3.80. The fraction of sp³-hybridized carbons (Fsp3) is 0.231. The second kappa shape index (κ2) is 8.38. The summed E-state index contributed by atoms with van der Waals surface area (Å²) in [5.74, 6) is 0.786. The topological polar surface area (TPSA) is 50.6 Å². The van der Waals surface area contributed by atoms with Crippen molar-refractivity contribution in [1.82, 2.24) is 14.7 Å². The molecule has 3 aromatic carbocycles. The van der Waals surface area contributed by atoms with Crippen molar-refractivity contribution in [3.05, 3.63) is 84.2 Å². The van der Waals surface area contributed by atoms with Crippen LogP contribution in [0.2, 0.25) is 0 Å². The van der Waals surface area contributed by atoms with Crippen molar-refractivity contribution in [2.24, 2.45) is 0 Å². The van der Waals surface area contributed by atoms with Crippen LogP contribution in [0.5, 0.6) is 5.75 Å². The molecular weight excluding hydrogens is 400 g/mol. The Balaban J connectivity index is 1.35. The molecule has 5 rings (SSSR count). The van der Waals surface area contributed by atoms with Crippen LogP contribution in [0, 0.1) is 6.92 Å². The van der Waals surface area contributed by atoms with E-state index in [9.17, 15) is 4.79 Å². The Labute approximate surface area is 187 Å². The van der Waals surface area contributed by atoms with E-state index < -0.39 is 0 Å². The van der Waals surface area contributed by atoms with Gasteiger partial charge in [-0.05, 0) is 48.7 Å². The highest BCUT2D eigenvalue weighted by atomic mass is 16.5. The van der Waals surface area contributed by atoms with Gasteiger partial charge in [0.1, 0.15) is 11.4 Å². The summed E-state index contributed by atoms with van der Waals surface area (Å²) in [6.45, 7) is 4.86. The van der Waals surface area contributed by atoms with Crippen LogP contribution in [-0.2, 0) is 0 Å². The van der Waals surface area contributed by atoms with Gasteiger partial charge < -0.3 is 14.5 Å². The molecule has 0 radical (unpaired) electrons. The van der Waals surface area contributed by atoms with Gasteiger partial charge in [0.2, 0.25) is 0 Å². The average molecular weight is 427 g/mol. The number of fused-ring (bicyclic) bond motifs is 1. The first kappa shape index (κ1) is 20.1. The summed E-state index contributed by atoms with van der Waals surface area (Å²) >= 11 is 0. The van der Waals surface area contributed by atoms with Gasteiger partial charge in [-0.15, -0.1) is 0 Å². The molecule has 1 aliphatic rings. The number of nitrogens with zero attached hydrogens (tertiary/aromatic N) is 4. The molecule has 1 aliphatic heterocycles. The summed E-state index contributed by atoms with van der Waals surface area (Å²) in [5.41, 5.74) is 3.48. The van der Waals surface area contributed by atoms with E-state index in [1.807, 2.05) is 42.2 Å². The van der Waals surface area contributed by atoms with E-state index in [0.29, 0.717) is 18.8 Å². The zero-order valence-corrected chi connectivity index (χ0v) is 18.4. The third kappa shape index (κ3) is 3.68. The third-order valence-electron chi connectivity index (χ3n) is 6.04. The summed E-state index contributed by atoms with van der Waals surface area (Å²) in [4.78, 5) is 17.7. The summed E-state index contributed by atoms with van der Waals surface area (Å²) in [7, 11) is 1.64. The first-order valence-electron chi connectivity index (χ1n) is 10.9.